The maximum atomic E-state index is 12.1. The lowest BCUT2D eigenvalue weighted by Gasteiger charge is -2.20. The number of amides is 2. The Morgan fingerprint density at radius 2 is 1.96 bits per heavy atom. The van der Waals surface area contributed by atoms with Gasteiger partial charge in [0.05, 0.1) is 10.6 Å². The van der Waals surface area contributed by atoms with Crippen molar-refractivity contribution in [3.8, 4) is 5.75 Å². The minimum absolute atomic E-state index is 0.0485. The van der Waals surface area contributed by atoms with Crippen LogP contribution >= 0.6 is 11.3 Å². The molecule has 0 unspecified atom stereocenters. The van der Waals surface area contributed by atoms with Crippen LogP contribution in [0.25, 0.3) is 0 Å². The summed E-state index contributed by atoms with van der Waals surface area (Å²) in [5, 5.41) is 17.3. The molecule has 1 aromatic heterocycles. The number of hydrogen-bond donors (Lipinski definition) is 3. The standard InChI is InChI=1S/C19H24N2O3S/c1-19(2,3)13-8-9-15(22)14(12-13)21-17(23)7-4-10-20-18(24)16-6-5-11-25-16/h5-6,8-9,11-12,22H,4,7,10H2,1-3H3,(H,20,24)(H,21,23). The number of aromatic hydroxyl groups is 1. The second-order valence-corrected chi connectivity index (χ2v) is 7.81. The largest absolute Gasteiger partial charge is 0.506 e. The molecule has 0 atom stereocenters. The van der Waals surface area contributed by atoms with Gasteiger partial charge in [0, 0.05) is 13.0 Å². The Kier molecular flexibility index (Phi) is 6.20. The van der Waals surface area contributed by atoms with E-state index in [1.54, 1.807) is 18.2 Å². The molecule has 2 amide bonds. The van der Waals surface area contributed by atoms with Crippen LogP contribution in [0.15, 0.2) is 35.7 Å². The van der Waals surface area contributed by atoms with E-state index in [1.165, 1.54) is 11.3 Å². The number of carbonyl (C=O) groups is 2. The van der Waals surface area contributed by atoms with E-state index in [4.69, 9.17) is 0 Å². The van der Waals surface area contributed by atoms with Gasteiger partial charge in [-0.1, -0.05) is 32.9 Å². The molecule has 0 aliphatic rings. The van der Waals surface area contributed by atoms with E-state index < -0.39 is 0 Å². The van der Waals surface area contributed by atoms with Crippen molar-refractivity contribution < 1.29 is 14.7 Å². The van der Waals surface area contributed by atoms with Crippen LogP contribution < -0.4 is 10.6 Å². The smallest absolute Gasteiger partial charge is 0.261 e. The molecule has 5 nitrogen and oxygen atoms in total. The summed E-state index contributed by atoms with van der Waals surface area (Å²) in [4.78, 5) is 24.5. The lowest BCUT2D eigenvalue weighted by molar-refractivity contribution is -0.116. The van der Waals surface area contributed by atoms with E-state index in [0.717, 1.165) is 5.56 Å². The van der Waals surface area contributed by atoms with Crippen LogP contribution in [-0.4, -0.2) is 23.5 Å². The Hall–Kier alpha value is -2.34. The van der Waals surface area contributed by atoms with E-state index in [0.29, 0.717) is 23.5 Å². The molecular formula is C19H24N2O3S. The van der Waals surface area contributed by atoms with Crippen molar-refractivity contribution in [3.63, 3.8) is 0 Å². The van der Waals surface area contributed by atoms with Crippen molar-refractivity contribution >= 4 is 28.8 Å². The zero-order valence-corrected chi connectivity index (χ0v) is 15.6. The van der Waals surface area contributed by atoms with Crippen LogP contribution in [0.1, 0.15) is 48.8 Å². The maximum Gasteiger partial charge on any atom is 0.261 e. The quantitative estimate of drug-likeness (QED) is 0.540. The molecule has 0 bridgehead atoms. The van der Waals surface area contributed by atoms with Crippen molar-refractivity contribution in [1.29, 1.82) is 0 Å². The Labute approximate surface area is 152 Å². The first-order valence-corrected chi connectivity index (χ1v) is 9.10. The Morgan fingerprint density at radius 1 is 1.20 bits per heavy atom. The summed E-state index contributed by atoms with van der Waals surface area (Å²) in [7, 11) is 0. The van der Waals surface area contributed by atoms with E-state index in [2.05, 4.69) is 31.4 Å². The van der Waals surface area contributed by atoms with E-state index in [-0.39, 0.29) is 29.4 Å². The second kappa shape index (κ2) is 8.16. The molecule has 0 aliphatic carbocycles. The van der Waals surface area contributed by atoms with E-state index >= 15 is 0 Å². The predicted octanol–water partition coefficient (Wildman–Crippen LogP) is 3.90. The van der Waals surface area contributed by atoms with Crippen molar-refractivity contribution in [1.82, 2.24) is 5.32 Å². The summed E-state index contributed by atoms with van der Waals surface area (Å²) >= 11 is 1.38. The topological polar surface area (TPSA) is 78.4 Å². The van der Waals surface area contributed by atoms with Crippen LogP contribution in [-0.2, 0) is 10.2 Å². The Balaban J connectivity index is 1.81. The number of hydrogen-bond acceptors (Lipinski definition) is 4. The number of carbonyl (C=O) groups excluding carboxylic acids is 2. The van der Waals surface area contributed by atoms with Crippen LogP contribution in [0.3, 0.4) is 0 Å². The predicted molar refractivity (Wildman–Crippen MR) is 101 cm³/mol. The van der Waals surface area contributed by atoms with Crippen molar-refractivity contribution in [2.75, 3.05) is 11.9 Å². The normalized spacial score (nSPS) is 11.2. The second-order valence-electron chi connectivity index (χ2n) is 6.87. The molecule has 1 aromatic carbocycles. The SMILES string of the molecule is CC(C)(C)c1ccc(O)c(NC(=O)CCCNC(=O)c2cccs2)c1. The third-order valence-corrected chi connectivity index (χ3v) is 4.62. The highest BCUT2D eigenvalue weighted by molar-refractivity contribution is 7.12. The van der Waals surface area contributed by atoms with Gasteiger partial charge in [0.1, 0.15) is 5.75 Å². The first-order valence-electron chi connectivity index (χ1n) is 8.22. The summed E-state index contributed by atoms with van der Waals surface area (Å²) < 4.78 is 0. The fraction of sp³-hybridized carbons (Fsp3) is 0.368. The van der Waals surface area contributed by atoms with Crippen molar-refractivity contribution in [2.45, 2.75) is 39.0 Å². The molecule has 3 N–H and O–H groups in total. The monoisotopic (exact) mass is 360 g/mol. The van der Waals surface area contributed by atoms with Gasteiger partial charge in [-0.15, -0.1) is 11.3 Å². The molecule has 0 spiro atoms. The molecule has 0 saturated heterocycles. The minimum atomic E-state index is -0.188. The van der Waals surface area contributed by atoms with Gasteiger partial charge in [0.2, 0.25) is 5.91 Å². The molecule has 25 heavy (non-hydrogen) atoms. The van der Waals surface area contributed by atoms with Gasteiger partial charge in [-0.2, -0.15) is 0 Å². The van der Waals surface area contributed by atoms with Gasteiger partial charge in [-0.05, 0) is 41.0 Å². The maximum absolute atomic E-state index is 12.1. The van der Waals surface area contributed by atoms with Crippen molar-refractivity contribution in [2.24, 2.45) is 0 Å². The van der Waals surface area contributed by atoms with E-state index in [1.807, 2.05) is 17.5 Å². The number of nitrogens with one attached hydrogen (secondary N) is 2. The fourth-order valence-corrected chi connectivity index (χ4v) is 2.90. The fourth-order valence-electron chi connectivity index (χ4n) is 2.26. The molecule has 0 fully saturated rings. The molecule has 0 aliphatic heterocycles. The molecule has 6 heteroatoms. The number of phenolic OH excluding ortho intramolecular Hbond substituents is 1. The van der Waals surface area contributed by atoms with E-state index in [9.17, 15) is 14.7 Å². The zero-order valence-electron chi connectivity index (χ0n) is 14.8. The van der Waals surface area contributed by atoms with Gasteiger partial charge in [-0.3, -0.25) is 9.59 Å². The highest BCUT2D eigenvalue weighted by Crippen LogP contribution is 2.30. The van der Waals surface area contributed by atoms with Gasteiger partial charge in [0.25, 0.3) is 5.91 Å². The number of benzene rings is 1. The van der Waals surface area contributed by atoms with Gasteiger partial charge in [0.15, 0.2) is 0 Å². The lowest BCUT2D eigenvalue weighted by Crippen LogP contribution is -2.24. The average Bonchev–Trinajstić information content (AvgIpc) is 3.07. The number of thiophene rings is 1. The summed E-state index contributed by atoms with van der Waals surface area (Å²) in [5.41, 5.74) is 1.38. The lowest BCUT2D eigenvalue weighted by atomic mass is 9.87. The third-order valence-electron chi connectivity index (χ3n) is 3.75. The molecule has 2 aromatic rings. The number of anilines is 1. The van der Waals surface area contributed by atoms with Gasteiger partial charge >= 0.3 is 0 Å². The van der Waals surface area contributed by atoms with Gasteiger partial charge in [-0.25, -0.2) is 0 Å². The average molecular weight is 360 g/mol. The zero-order chi connectivity index (χ0) is 18.4. The van der Waals surface area contributed by atoms with Gasteiger partial charge < -0.3 is 15.7 Å². The third kappa shape index (κ3) is 5.60. The molecule has 1 heterocycles. The van der Waals surface area contributed by atoms with Crippen molar-refractivity contribution in [3.05, 3.63) is 46.2 Å². The Bertz CT molecular complexity index is 734. The first-order chi connectivity index (χ1) is 11.8. The molecule has 0 radical (unpaired) electrons. The molecule has 0 saturated carbocycles. The first kappa shape index (κ1) is 19.0. The molecule has 134 valence electrons. The highest BCUT2D eigenvalue weighted by atomic mass is 32.1. The summed E-state index contributed by atoms with van der Waals surface area (Å²) in [5.74, 6) is -0.259. The van der Waals surface area contributed by atoms with Crippen LogP contribution in [0, 0.1) is 0 Å². The molecular weight excluding hydrogens is 336 g/mol. The summed E-state index contributed by atoms with van der Waals surface area (Å²) in [6.45, 7) is 6.64. The Morgan fingerprint density at radius 3 is 2.60 bits per heavy atom. The minimum Gasteiger partial charge on any atom is -0.506 e. The summed E-state index contributed by atoms with van der Waals surface area (Å²) in [6.07, 6.45) is 0.798. The van der Waals surface area contributed by atoms with Crippen LogP contribution in [0.5, 0.6) is 5.75 Å². The van der Waals surface area contributed by atoms with Crippen LogP contribution in [0.2, 0.25) is 0 Å². The summed E-state index contributed by atoms with van der Waals surface area (Å²) in [6, 6.07) is 8.83. The number of phenols is 1. The molecule has 2 rings (SSSR count). The highest BCUT2D eigenvalue weighted by Gasteiger charge is 2.16. The number of rotatable bonds is 6. The van der Waals surface area contributed by atoms with Crippen LogP contribution in [0.4, 0.5) is 5.69 Å².